The minimum atomic E-state index is -0.703. The predicted octanol–water partition coefficient (Wildman–Crippen LogP) is 2.90. The molecule has 0 aliphatic carbocycles. The molecule has 25 heavy (non-hydrogen) atoms. The maximum absolute atomic E-state index is 12.4. The van der Waals surface area contributed by atoms with Crippen LogP contribution in [0, 0.1) is 20.2 Å². The van der Waals surface area contributed by atoms with E-state index in [0.717, 1.165) is 17.8 Å². The SMILES string of the molecule is Cn1c(Sc2ccc([N+](=O)[O-])cc2[N+](=O)[O-])nc2ccccc2c1=O. The molecular formula is C15H10N4O5S. The van der Waals surface area contributed by atoms with Gasteiger partial charge in [-0.2, -0.15) is 0 Å². The largest absolute Gasteiger partial charge is 0.290 e. The Kier molecular flexibility index (Phi) is 4.19. The van der Waals surface area contributed by atoms with Crippen LogP contribution in [-0.4, -0.2) is 19.4 Å². The molecule has 0 fully saturated rings. The zero-order valence-corrected chi connectivity index (χ0v) is 13.6. The molecule has 0 radical (unpaired) electrons. The fourth-order valence-electron chi connectivity index (χ4n) is 2.24. The molecule has 126 valence electrons. The monoisotopic (exact) mass is 358 g/mol. The molecule has 0 saturated heterocycles. The fourth-order valence-corrected chi connectivity index (χ4v) is 3.17. The van der Waals surface area contributed by atoms with Crippen molar-refractivity contribution in [2.24, 2.45) is 7.05 Å². The van der Waals surface area contributed by atoms with E-state index in [0.29, 0.717) is 10.9 Å². The lowest BCUT2D eigenvalue weighted by molar-refractivity contribution is -0.396. The Balaban J connectivity index is 2.13. The lowest BCUT2D eigenvalue weighted by Gasteiger charge is -2.08. The second kappa shape index (κ2) is 6.32. The van der Waals surface area contributed by atoms with Gasteiger partial charge in [0.05, 0.1) is 31.7 Å². The molecule has 0 aliphatic rings. The number of nitro groups is 2. The maximum atomic E-state index is 12.4. The zero-order chi connectivity index (χ0) is 18.1. The van der Waals surface area contributed by atoms with Crippen LogP contribution in [0.15, 0.2) is 57.3 Å². The summed E-state index contributed by atoms with van der Waals surface area (Å²) in [4.78, 5) is 37.5. The van der Waals surface area contributed by atoms with Gasteiger partial charge in [-0.1, -0.05) is 12.1 Å². The fraction of sp³-hybridized carbons (Fsp3) is 0.0667. The molecule has 0 N–H and O–H groups in total. The van der Waals surface area contributed by atoms with Crippen molar-refractivity contribution in [2.45, 2.75) is 10.1 Å². The summed E-state index contributed by atoms with van der Waals surface area (Å²) < 4.78 is 1.29. The first-order valence-corrected chi connectivity index (χ1v) is 7.76. The first kappa shape index (κ1) is 16.6. The van der Waals surface area contributed by atoms with E-state index >= 15 is 0 Å². The van der Waals surface area contributed by atoms with Gasteiger partial charge in [-0.05, 0) is 30.0 Å². The van der Waals surface area contributed by atoms with Crippen LogP contribution in [0.25, 0.3) is 10.9 Å². The molecule has 1 aromatic heterocycles. The number of nitro benzene ring substituents is 2. The van der Waals surface area contributed by atoms with E-state index in [1.807, 2.05) is 0 Å². The average Bonchev–Trinajstić information content (AvgIpc) is 2.59. The third-order valence-electron chi connectivity index (χ3n) is 3.49. The van der Waals surface area contributed by atoms with Crippen LogP contribution in [0.5, 0.6) is 0 Å². The number of hydrogen-bond donors (Lipinski definition) is 0. The highest BCUT2D eigenvalue weighted by molar-refractivity contribution is 7.99. The number of fused-ring (bicyclic) bond motifs is 1. The van der Waals surface area contributed by atoms with Gasteiger partial charge in [-0.25, -0.2) is 4.98 Å². The molecular weight excluding hydrogens is 348 g/mol. The summed E-state index contributed by atoms with van der Waals surface area (Å²) in [6.45, 7) is 0. The molecule has 0 aliphatic heterocycles. The van der Waals surface area contributed by atoms with Gasteiger partial charge < -0.3 is 0 Å². The topological polar surface area (TPSA) is 121 Å². The average molecular weight is 358 g/mol. The lowest BCUT2D eigenvalue weighted by Crippen LogP contribution is -2.19. The van der Waals surface area contributed by atoms with Crippen molar-refractivity contribution in [1.29, 1.82) is 0 Å². The Bertz CT molecular complexity index is 1080. The summed E-state index contributed by atoms with van der Waals surface area (Å²) in [6.07, 6.45) is 0. The van der Waals surface area contributed by atoms with Crippen LogP contribution in [0.2, 0.25) is 0 Å². The van der Waals surface area contributed by atoms with Crippen LogP contribution in [0.4, 0.5) is 11.4 Å². The van der Waals surface area contributed by atoms with Crippen molar-refractivity contribution in [1.82, 2.24) is 9.55 Å². The standard InChI is InChI=1S/C15H10N4O5S/c1-17-14(20)10-4-2-3-5-11(10)16-15(17)25-13-7-6-9(18(21)22)8-12(13)19(23)24/h2-8H,1H3. The van der Waals surface area contributed by atoms with E-state index in [-0.39, 0.29) is 21.3 Å². The van der Waals surface area contributed by atoms with Gasteiger partial charge >= 0.3 is 0 Å². The summed E-state index contributed by atoms with van der Waals surface area (Å²) >= 11 is 0.906. The van der Waals surface area contributed by atoms with E-state index in [1.54, 1.807) is 24.3 Å². The first-order chi connectivity index (χ1) is 11.9. The van der Waals surface area contributed by atoms with Crippen LogP contribution < -0.4 is 5.56 Å². The Labute approximate surface area is 144 Å². The van der Waals surface area contributed by atoms with Gasteiger partial charge in [0.1, 0.15) is 0 Å². The summed E-state index contributed by atoms with van der Waals surface area (Å²) in [5.41, 5.74) is -0.603. The van der Waals surface area contributed by atoms with Crippen LogP contribution in [-0.2, 0) is 7.05 Å². The van der Waals surface area contributed by atoms with E-state index < -0.39 is 15.5 Å². The number of aromatic nitrogens is 2. The summed E-state index contributed by atoms with van der Waals surface area (Å²) in [7, 11) is 1.52. The molecule has 9 nitrogen and oxygen atoms in total. The highest BCUT2D eigenvalue weighted by Crippen LogP contribution is 2.36. The number of hydrogen-bond acceptors (Lipinski definition) is 7. The Hall–Kier alpha value is -3.27. The molecule has 0 atom stereocenters. The summed E-state index contributed by atoms with van der Waals surface area (Å²) in [6, 6.07) is 10.1. The zero-order valence-electron chi connectivity index (χ0n) is 12.8. The van der Waals surface area contributed by atoms with Crippen molar-refractivity contribution < 1.29 is 9.85 Å². The van der Waals surface area contributed by atoms with Crippen molar-refractivity contribution in [3.63, 3.8) is 0 Å². The summed E-state index contributed by atoms with van der Waals surface area (Å²) in [5, 5.41) is 22.7. The highest BCUT2D eigenvalue weighted by Gasteiger charge is 2.21. The molecule has 0 saturated carbocycles. The smallest absolute Gasteiger partial charge is 0.290 e. The van der Waals surface area contributed by atoms with Gasteiger partial charge in [-0.15, -0.1) is 0 Å². The minimum absolute atomic E-state index is 0.161. The maximum Gasteiger partial charge on any atom is 0.290 e. The van der Waals surface area contributed by atoms with E-state index in [2.05, 4.69) is 4.98 Å². The molecule has 2 aromatic carbocycles. The number of benzene rings is 2. The first-order valence-electron chi connectivity index (χ1n) is 6.95. The number of para-hydroxylation sites is 1. The van der Waals surface area contributed by atoms with Crippen LogP contribution in [0.3, 0.4) is 0 Å². The second-order valence-electron chi connectivity index (χ2n) is 5.04. The minimum Gasteiger partial charge on any atom is -0.290 e. The van der Waals surface area contributed by atoms with Gasteiger partial charge in [0.15, 0.2) is 5.16 Å². The third kappa shape index (κ3) is 3.06. The van der Waals surface area contributed by atoms with Crippen molar-refractivity contribution in [3.8, 4) is 0 Å². The van der Waals surface area contributed by atoms with Crippen molar-refractivity contribution >= 4 is 34.0 Å². The van der Waals surface area contributed by atoms with Crippen LogP contribution >= 0.6 is 11.8 Å². The highest BCUT2D eigenvalue weighted by atomic mass is 32.2. The molecule has 1 heterocycles. The van der Waals surface area contributed by atoms with Crippen molar-refractivity contribution in [3.05, 3.63) is 73.0 Å². The second-order valence-corrected chi connectivity index (χ2v) is 6.05. The predicted molar refractivity (Wildman–Crippen MR) is 90.9 cm³/mol. The quantitative estimate of drug-likeness (QED) is 0.399. The molecule has 10 heteroatoms. The van der Waals surface area contributed by atoms with E-state index in [9.17, 15) is 25.0 Å². The van der Waals surface area contributed by atoms with Gasteiger partial charge in [0.2, 0.25) is 0 Å². The molecule has 3 rings (SSSR count). The lowest BCUT2D eigenvalue weighted by atomic mass is 10.2. The van der Waals surface area contributed by atoms with Gasteiger partial charge in [0.25, 0.3) is 16.9 Å². The summed E-state index contributed by atoms with van der Waals surface area (Å²) in [5.74, 6) is 0. The Morgan fingerprint density at radius 2 is 1.80 bits per heavy atom. The number of rotatable bonds is 4. The molecule has 0 unspecified atom stereocenters. The van der Waals surface area contributed by atoms with Gasteiger partial charge in [0, 0.05) is 13.1 Å². The van der Waals surface area contributed by atoms with E-state index in [4.69, 9.17) is 0 Å². The van der Waals surface area contributed by atoms with Crippen LogP contribution in [0.1, 0.15) is 0 Å². The Morgan fingerprint density at radius 1 is 1.08 bits per heavy atom. The van der Waals surface area contributed by atoms with Crippen molar-refractivity contribution in [2.75, 3.05) is 0 Å². The molecule has 0 amide bonds. The normalized spacial score (nSPS) is 10.8. The number of nitrogens with zero attached hydrogens (tertiary/aromatic N) is 4. The number of non-ortho nitro benzene ring substituents is 1. The molecule has 3 aromatic rings. The molecule has 0 spiro atoms. The van der Waals surface area contributed by atoms with E-state index in [1.165, 1.54) is 23.7 Å². The van der Waals surface area contributed by atoms with Gasteiger partial charge in [-0.3, -0.25) is 29.6 Å². The third-order valence-corrected chi connectivity index (χ3v) is 4.61. The Morgan fingerprint density at radius 3 is 2.48 bits per heavy atom. The molecule has 0 bridgehead atoms.